The van der Waals surface area contributed by atoms with Crippen LogP contribution in [0.15, 0.2) is 64.3 Å². The molecule has 1 aliphatic rings. The van der Waals surface area contributed by atoms with Gasteiger partial charge in [-0.25, -0.2) is 9.36 Å². The second-order valence-corrected chi connectivity index (χ2v) is 10.2. The van der Waals surface area contributed by atoms with Crippen LogP contribution in [0.2, 0.25) is 0 Å². The second kappa shape index (κ2) is 10.5. The summed E-state index contributed by atoms with van der Waals surface area (Å²) in [7, 11) is -4.06. The van der Waals surface area contributed by atoms with Crippen molar-refractivity contribution in [2.75, 3.05) is 6.61 Å². The highest BCUT2D eigenvalue weighted by atomic mass is 31.2. The van der Waals surface area contributed by atoms with Crippen molar-refractivity contribution in [2.24, 2.45) is 0 Å². The van der Waals surface area contributed by atoms with Gasteiger partial charge in [0.2, 0.25) is 0 Å². The van der Waals surface area contributed by atoms with Crippen molar-refractivity contribution in [1.29, 1.82) is 0 Å². The lowest BCUT2D eigenvalue weighted by molar-refractivity contribution is -0.156. The van der Waals surface area contributed by atoms with E-state index in [1.54, 1.807) is 63.3 Å². The molecule has 12 heteroatoms. The van der Waals surface area contributed by atoms with Gasteiger partial charge in [0.15, 0.2) is 6.23 Å². The molecule has 2 heterocycles. The van der Waals surface area contributed by atoms with Crippen molar-refractivity contribution in [3.8, 4) is 5.75 Å². The van der Waals surface area contributed by atoms with E-state index in [9.17, 15) is 18.9 Å². The van der Waals surface area contributed by atoms with Crippen molar-refractivity contribution < 1.29 is 27.9 Å². The van der Waals surface area contributed by atoms with Gasteiger partial charge in [-0.05, 0) is 45.9 Å². The fraction of sp³-hybridized carbons (Fsp3) is 0.409. The van der Waals surface area contributed by atoms with Crippen LogP contribution in [0.25, 0.3) is 0 Å². The van der Waals surface area contributed by atoms with Crippen LogP contribution in [-0.4, -0.2) is 39.9 Å². The maximum Gasteiger partial charge on any atom is 0.459 e. The molecule has 0 fully saturated rings. The van der Waals surface area contributed by atoms with Crippen LogP contribution in [0.5, 0.6) is 5.75 Å². The van der Waals surface area contributed by atoms with Gasteiger partial charge < -0.3 is 14.0 Å². The van der Waals surface area contributed by atoms with E-state index in [-0.39, 0.29) is 12.4 Å². The Labute approximate surface area is 196 Å². The maximum absolute atomic E-state index is 13.5. The molecule has 1 aliphatic heterocycles. The third-order valence-corrected chi connectivity index (χ3v) is 6.06. The van der Waals surface area contributed by atoms with Crippen LogP contribution in [0.4, 0.5) is 0 Å². The van der Waals surface area contributed by atoms with Crippen LogP contribution >= 0.6 is 7.75 Å². The molecule has 2 N–H and O–H groups in total. The highest BCUT2D eigenvalue weighted by Gasteiger charge is 2.35. The number of aromatic nitrogens is 2. The fourth-order valence-electron chi connectivity index (χ4n) is 2.93. The molecule has 3 rings (SSSR count). The Morgan fingerprint density at radius 1 is 1.21 bits per heavy atom. The minimum Gasteiger partial charge on any atom is -0.459 e. The Hall–Kier alpha value is -2.98. The van der Waals surface area contributed by atoms with Gasteiger partial charge in [-0.15, -0.1) is 0 Å². The highest BCUT2D eigenvalue weighted by molar-refractivity contribution is 7.52. The number of carbonyl (C=O) groups is 1. The summed E-state index contributed by atoms with van der Waals surface area (Å²) in [5.74, 6) is -0.349. The SMILES string of the molecule is C[C@@H](NP(=O)(OC[C@@H]1C=C[C@H](n2ccc(=O)[nH]c2=O)O1)Oc1ccccc1)C(=O)OC(C)(C)C. The minimum atomic E-state index is -4.06. The predicted octanol–water partition coefficient (Wildman–Crippen LogP) is 2.51. The van der Waals surface area contributed by atoms with Gasteiger partial charge >= 0.3 is 19.4 Å². The number of hydrogen-bond donors (Lipinski definition) is 2. The number of aromatic amines is 1. The lowest BCUT2D eigenvalue weighted by Gasteiger charge is -2.26. The molecule has 0 amide bonds. The van der Waals surface area contributed by atoms with Crippen molar-refractivity contribution in [1.82, 2.24) is 14.6 Å². The molecular formula is C22H28N3O8P. The second-order valence-electron chi connectivity index (χ2n) is 8.55. The fourth-order valence-corrected chi connectivity index (χ4v) is 4.43. The molecule has 2 aromatic rings. The number of rotatable bonds is 9. The first-order valence-electron chi connectivity index (χ1n) is 10.6. The molecule has 0 bridgehead atoms. The van der Waals surface area contributed by atoms with Gasteiger partial charge in [0.25, 0.3) is 5.56 Å². The lowest BCUT2D eigenvalue weighted by atomic mass is 10.2. The Kier molecular flexibility index (Phi) is 7.93. The number of para-hydroxylation sites is 1. The quantitative estimate of drug-likeness (QED) is 0.307. The summed E-state index contributed by atoms with van der Waals surface area (Å²) in [6, 6.07) is 8.57. The predicted molar refractivity (Wildman–Crippen MR) is 123 cm³/mol. The third-order valence-electron chi connectivity index (χ3n) is 4.42. The summed E-state index contributed by atoms with van der Waals surface area (Å²) in [5, 5.41) is 2.61. The molecule has 0 aliphatic carbocycles. The van der Waals surface area contributed by atoms with Gasteiger partial charge in [0.05, 0.1) is 6.61 Å². The summed E-state index contributed by atoms with van der Waals surface area (Å²) in [6.07, 6.45) is 3.10. The molecule has 1 aromatic carbocycles. The summed E-state index contributed by atoms with van der Waals surface area (Å²) < 4.78 is 37.0. The number of benzene rings is 1. The molecule has 11 nitrogen and oxygen atoms in total. The van der Waals surface area contributed by atoms with Crippen LogP contribution in [0.1, 0.15) is 33.9 Å². The number of nitrogens with one attached hydrogen (secondary N) is 2. The Balaban J connectivity index is 1.68. The molecular weight excluding hydrogens is 465 g/mol. The van der Waals surface area contributed by atoms with E-state index in [1.807, 2.05) is 0 Å². The van der Waals surface area contributed by atoms with Crippen LogP contribution < -0.4 is 20.9 Å². The number of hydrogen-bond acceptors (Lipinski definition) is 8. The van der Waals surface area contributed by atoms with Gasteiger partial charge in [-0.2, -0.15) is 5.09 Å². The molecule has 4 atom stereocenters. The average Bonchev–Trinajstić information content (AvgIpc) is 3.20. The maximum atomic E-state index is 13.5. The Morgan fingerprint density at radius 3 is 2.56 bits per heavy atom. The third kappa shape index (κ3) is 7.26. The van der Waals surface area contributed by atoms with Crippen molar-refractivity contribution >= 4 is 13.7 Å². The zero-order valence-electron chi connectivity index (χ0n) is 19.3. The number of esters is 1. The number of carbonyl (C=O) groups excluding carboxylic acids is 1. The monoisotopic (exact) mass is 493 g/mol. The van der Waals surface area contributed by atoms with E-state index in [2.05, 4.69) is 10.1 Å². The largest absolute Gasteiger partial charge is 0.459 e. The molecule has 184 valence electrons. The Morgan fingerprint density at radius 2 is 1.91 bits per heavy atom. The van der Waals surface area contributed by atoms with E-state index in [0.29, 0.717) is 0 Å². The van der Waals surface area contributed by atoms with E-state index in [1.165, 1.54) is 23.8 Å². The first-order chi connectivity index (χ1) is 15.9. The van der Waals surface area contributed by atoms with Gasteiger partial charge in [0, 0.05) is 12.3 Å². The van der Waals surface area contributed by atoms with Crippen molar-refractivity contribution in [3.05, 3.63) is 75.6 Å². The normalized spacial score (nSPS) is 20.5. The topological polar surface area (TPSA) is 138 Å². The summed E-state index contributed by atoms with van der Waals surface area (Å²) in [6.45, 7) is 6.46. The van der Waals surface area contributed by atoms with Crippen molar-refractivity contribution in [3.63, 3.8) is 0 Å². The number of nitrogens with zero attached hydrogens (tertiary/aromatic N) is 1. The molecule has 0 radical (unpaired) electrons. The van der Waals surface area contributed by atoms with Crippen LogP contribution in [0, 0.1) is 0 Å². The first kappa shape index (κ1) is 25.6. The molecule has 1 aromatic heterocycles. The first-order valence-corrected chi connectivity index (χ1v) is 12.1. The van der Waals surface area contributed by atoms with Gasteiger partial charge in [0.1, 0.15) is 23.5 Å². The Bertz CT molecular complexity index is 1180. The highest BCUT2D eigenvalue weighted by Crippen LogP contribution is 2.45. The molecule has 1 unspecified atom stereocenters. The zero-order valence-corrected chi connectivity index (χ0v) is 20.2. The van der Waals surface area contributed by atoms with E-state index < -0.39 is 48.9 Å². The van der Waals surface area contributed by atoms with Crippen LogP contribution in [-0.2, 0) is 23.4 Å². The summed E-state index contributed by atoms with van der Waals surface area (Å²) in [4.78, 5) is 37.8. The molecule has 34 heavy (non-hydrogen) atoms. The van der Waals surface area contributed by atoms with E-state index in [4.69, 9.17) is 18.5 Å². The average molecular weight is 493 g/mol. The number of ether oxygens (including phenoxy) is 2. The summed E-state index contributed by atoms with van der Waals surface area (Å²) in [5.41, 5.74) is -1.88. The standard InChI is InChI=1S/C22H28N3O8P/c1-15(20(27)32-22(2,3)4)24-34(29,33-16-8-6-5-7-9-16)30-14-17-10-11-19(31-17)25-13-12-18(26)23-21(25)28/h5-13,15,17,19H,14H2,1-4H3,(H,24,29)(H,23,26,28)/t15-,17+,19-,34?/m1/s1. The number of H-pyrrole nitrogens is 1. The minimum absolute atomic E-state index is 0.205. The van der Waals surface area contributed by atoms with E-state index >= 15 is 0 Å². The smallest absolute Gasteiger partial charge is 0.459 e. The molecule has 0 spiro atoms. The molecule has 0 saturated heterocycles. The van der Waals surface area contributed by atoms with Crippen molar-refractivity contribution in [2.45, 2.75) is 51.7 Å². The lowest BCUT2D eigenvalue weighted by Crippen LogP contribution is -2.39. The van der Waals surface area contributed by atoms with Crippen LogP contribution in [0.3, 0.4) is 0 Å². The summed E-state index contributed by atoms with van der Waals surface area (Å²) >= 11 is 0. The van der Waals surface area contributed by atoms with Gasteiger partial charge in [-0.3, -0.25) is 23.7 Å². The van der Waals surface area contributed by atoms with Gasteiger partial charge in [-0.1, -0.05) is 24.3 Å². The molecule has 0 saturated carbocycles. The zero-order chi connectivity index (χ0) is 24.9. The van der Waals surface area contributed by atoms with E-state index in [0.717, 1.165) is 0 Å².